The van der Waals surface area contributed by atoms with E-state index in [0.717, 1.165) is 30.8 Å². The first kappa shape index (κ1) is 9.32. The molecule has 0 fully saturated rings. The molecule has 1 atom stereocenters. The lowest BCUT2D eigenvalue weighted by Crippen LogP contribution is -1.99. The van der Waals surface area contributed by atoms with Gasteiger partial charge in [0.25, 0.3) is 0 Å². The van der Waals surface area contributed by atoms with Gasteiger partial charge in [-0.3, -0.25) is 0 Å². The molecule has 0 spiro atoms. The first-order chi connectivity index (χ1) is 6.84. The Morgan fingerprint density at radius 3 is 2.71 bits per heavy atom. The van der Waals surface area contributed by atoms with Crippen LogP contribution >= 0.6 is 0 Å². The summed E-state index contributed by atoms with van der Waals surface area (Å²) in [7, 11) is 0. The van der Waals surface area contributed by atoms with E-state index in [4.69, 9.17) is 4.74 Å². The molecule has 0 aromatic heterocycles. The summed E-state index contributed by atoms with van der Waals surface area (Å²) in [6.45, 7) is 2.21. The highest BCUT2D eigenvalue weighted by molar-refractivity contribution is 5.24. The van der Waals surface area contributed by atoms with Crippen LogP contribution in [0.3, 0.4) is 0 Å². The lowest BCUT2D eigenvalue weighted by atomic mass is 10.0. The molecule has 0 heterocycles. The van der Waals surface area contributed by atoms with E-state index >= 15 is 0 Å². The summed E-state index contributed by atoms with van der Waals surface area (Å²) in [5, 5.41) is 0. The second-order valence-corrected chi connectivity index (χ2v) is 3.87. The van der Waals surface area contributed by atoms with Gasteiger partial charge in [0.15, 0.2) is 0 Å². The third kappa shape index (κ3) is 2.38. The average molecular weight is 188 g/mol. The van der Waals surface area contributed by atoms with Gasteiger partial charge in [0, 0.05) is 0 Å². The second kappa shape index (κ2) is 4.32. The minimum absolute atomic E-state index is 0.600. The zero-order chi connectivity index (χ0) is 9.80. The summed E-state index contributed by atoms with van der Waals surface area (Å²) < 4.78 is 5.75. The minimum Gasteiger partial charge on any atom is -0.458 e. The van der Waals surface area contributed by atoms with Crippen LogP contribution in [0.25, 0.3) is 0 Å². The maximum absolute atomic E-state index is 5.75. The summed E-state index contributed by atoms with van der Waals surface area (Å²) >= 11 is 0. The molecule has 0 saturated carbocycles. The van der Waals surface area contributed by atoms with Gasteiger partial charge in [-0.1, -0.05) is 19.1 Å². The van der Waals surface area contributed by atoms with Crippen molar-refractivity contribution in [3.8, 4) is 0 Å². The molecule has 1 heteroatoms. The van der Waals surface area contributed by atoms with E-state index < -0.39 is 0 Å². The number of ether oxygens (including phenoxy) is 1. The predicted octanol–water partition coefficient (Wildman–Crippen LogP) is 3.72. The van der Waals surface area contributed by atoms with Crippen molar-refractivity contribution in [2.24, 2.45) is 5.92 Å². The van der Waals surface area contributed by atoms with E-state index in [0.29, 0.717) is 5.92 Å². The molecule has 74 valence electrons. The fraction of sp³-hybridized carbons (Fsp3) is 0.385. The van der Waals surface area contributed by atoms with Crippen molar-refractivity contribution in [3.05, 3.63) is 48.0 Å². The van der Waals surface area contributed by atoms with Crippen LogP contribution in [-0.2, 0) is 4.74 Å². The molecule has 0 amide bonds. The van der Waals surface area contributed by atoms with Gasteiger partial charge in [0.2, 0.25) is 0 Å². The molecule has 2 rings (SSSR count). The van der Waals surface area contributed by atoms with Crippen LogP contribution in [0.4, 0.5) is 0 Å². The van der Waals surface area contributed by atoms with Crippen LogP contribution in [-0.4, -0.2) is 0 Å². The zero-order valence-corrected chi connectivity index (χ0v) is 8.57. The van der Waals surface area contributed by atoms with Gasteiger partial charge in [-0.25, -0.2) is 0 Å². The molecule has 0 radical (unpaired) electrons. The Labute approximate surface area is 85.5 Å². The summed E-state index contributed by atoms with van der Waals surface area (Å²) in [4.78, 5) is 0. The topological polar surface area (TPSA) is 9.23 Å². The molecule has 2 aliphatic rings. The van der Waals surface area contributed by atoms with Crippen LogP contribution in [0, 0.1) is 5.92 Å². The number of allylic oxidation sites excluding steroid dienone is 6. The highest BCUT2D eigenvalue weighted by atomic mass is 16.5. The number of rotatable bonds is 2. The molecule has 0 bridgehead atoms. The lowest BCUT2D eigenvalue weighted by Gasteiger charge is -2.15. The van der Waals surface area contributed by atoms with Crippen LogP contribution in [0.1, 0.15) is 26.2 Å². The fourth-order valence-corrected chi connectivity index (χ4v) is 1.67. The van der Waals surface area contributed by atoms with Gasteiger partial charge in [0.1, 0.15) is 11.5 Å². The molecular weight excluding hydrogens is 172 g/mol. The van der Waals surface area contributed by atoms with Gasteiger partial charge < -0.3 is 4.74 Å². The largest absolute Gasteiger partial charge is 0.458 e. The van der Waals surface area contributed by atoms with Crippen LogP contribution in [0.15, 0.2) is 48.0 Å². The van der Waals surface area contributed by atoms with E-state index in [1.54, 1.807) is 0 Å². The van der Waals surface area contributed by atoms with Crippen molar-refractivity contribution >= 4 is 0 Å². The van der Waals surface area contributed by atoms with E-state index in [9.17, 15) is 0 Å². The molecule has 0 aromatic rings. The Bertz CT molecular complexity index is 318. The van der Waals surface area contributed by atoms with Crippen molar-refractivity contribution < 1.29 is 4.74 Å². The lowest BCUT2D eigenvalue weighted by molar-refractivity contribution is 0.325. The summed E-state index contributed by atoms with van der Waals surface area (Å²) in [6.07, 6.45) is 16.1. The Hall–Kier alpha value is -1.24. The van der Waals surface area contributed by atoms with Gasteiger partial charge in [0.05, 0.1) is 0 Å². The SMILES string of the molecule is C[C@@H]1C=C(OC2=CCCC=C2)C=CC1. The van der Waals surface area contributed by atoms with E-state index in [1.807, 2.05) is 0 Å². The molecule has 0 N–H and O–H groups in total. The Morgan fingerprint density at radius 2 is 2.00 bits per heavy atom. The van der Waals surface area contributed by atoms with E-state index in [-0.39, 0.29) is 0 Å². The summed E-state index contributed by atoms with van der Waals surface area (Å²) in [5.74, 6) is 2.57. The fourth-order valence-electron chi connectivity index (χ4n) is 1.67. The third-order valence-corrected chi connectivity index (χ3v) is 2.44. The Morgan fingerprint density at radius 1 is 1.14 bits per heavy atom. The summed E-state index contributed by atoms with van der Waals surface area (Å²) in [6, 6.07) is 0. The average Bonchev–Trinajstić information content (AvgIpc) is 2.19. The van der Waals surface area contributed by atoms with Crippen molar-refractivity contribution in [1.82, 2.24) is 0 Å². The third-order valence-electron chi connectivity index (χ3n) is 2.44. The normalized spacial score (nSPS) is 25.6. The molecular formula is C13H16O. The first-order valence-electron chi connectivity index (χ1n) is 5.27. The van der Waals surface area contributed by atoms with E-state index in [2.05, 4.69) is 43.4 Å². The van der Waals surface area contributed by atoms with Crippen molar-refractivity contribution in [2.45, 2.75) is 26.2 Å². The maximum Gasteiger partial charge on any atom is 0.123 e. The Balaban J connectivity index is 2.00. The highest BCUT2D eigenvalue weighted by Crippen LogP contribution is 2.21. The van der Waals surface area contributed by atoms with Crippen LogP contribution in [0.2, 0.25) is 0 Å². The first-order valence-corrected chi connectivity index (χ1v) is 5.27. The van der Waals surface area contributed by atoms with Crippen molar-refractivity contribution in [1.29, 1.82) is 0 Å². The van der Waals surface area contributed by atoms with Crippen LogP contribution < -0.4 is 0 Å². The molecule has 14 heavy (non-hydrogen) atoms. The van der Waals surface area contributed by atoms with E-state index in [1.165, 1.54) is 0 Å². The zero-order valence-electron chi connectivity index (χ0n) is 8.57. The predicted molar refractivity (Wildman–Crippen MR) is 58.5 cm³/mol. The molecule has 0 saturated heterocycles. The molecule has 0 aromatic carbocycles. The van der Waals surface area contributed by atoms with Gasteiger partial charge in [-0.05, 0) is 49.5 Å². The monoisotopic (exact) mass is 188 g/mol. The molecule has 0 unspecified atom stereocenters. The highest BCUT2D eigenvalue weighted by Gasteiger charge is 2.06. The standard InChI is InChI=1S/C13H16O/c1-11-6-5-9-13(10-11)14-12-7-3-2-4-8-12/h3,5,7-11H,2,4,6H2,1H3/t11-/m0/s1. The molecule has 0 aliphatic heterocycles. The van der Waals surface area contributed by atoms with Gasteiger partial charge >= 0.3 is 0 Å². The minimum atomic E-state index is 0.600. The maximum atomic E-state index is 5.75. The van der Waals surface area contributed by atoms with Gasteiger partial charge in [-0.2, -0.15) is 0 Å². The number of hydrogen-bond donors (Lipinski definition) is 0. The summed E-state index contributed by atoms with van der Waals surface area (Å²) in [5.41, 5.74) is 0. The second-order valence-electron chi connectivity index (χ2n) is 3.87. The molecule has 1 nitrogen and oxygen atoms in total. The smallest absolute Gasteiger partial charge is 0.123 e. The Kier molecular flexibility index (Phi) is 2.87. The quantitative estimate of drug-likeness (QED) is 0.641. The number of hydrogen-bond acceptors (Lipinski definition) is 1. The van der Waals surface area contributed by atoms with Crippen molar-refractivity contribution in [2.75, 3.05) is 0 Å². The van der Waals surface area contributed by atoms with Crippen molar-refractivity contribution in [3.63, 3.8) is 0 Å². The molecule has 2 aliphatic carbocycles. The van der Waals surface area contributed by atoms with Crippen LogP contribution in [0.5, 0.6) is 0 Å². The van der Waals surface area contributed by atoms with Gasteiger partial charge in [-0.15, -0.1) is 0 Å².